The number of nitrogens with one attached hydrogen (secondary N) is 1. The van der Waals surface area contributed by atoms with Crippen LogP contribution in [0.3, 0.4) is 0 Å². The summed E-state index contributed by atoms with van der Waals surface area (Å²) in [4.78, 5) is 25.1. The first-order valence-corrected chi connectivity index (χ1v) is 9.53. The highest BCUT2D eigenvalue weighted by Crippen LogP contribution is 2.34. The van der Waals surface area contributed by atoms with E-state index in [2.05, 4.69) is 26.3 Å². The molecule has 0 radical (unpaired) electrons. The Kier molecular flexibility index (Phi) is 5.89. The summed E-state index contributed by atoms with van der Waals surface area (Å²) < 4.78 is 43.8. The second-order valence-electron chi connectivity index (χ2n) is 6.84. The predicted octanol–water partition coefficient (Wildman–Crippen LogP) is 4.90. The third kappa shape index (κ3) is 4.33. The van der Waals surface area contributed by atoms with Crippen molar-refractivity contribution in [3.8, 4) is 0 Å². The standard InChI is InChI=1S/C20H17BrF3N3O3/c1-19(17(28)30-2)11-27(26-16(19)12-3-7-14(21)8-4-12)18(29)25-15-9-5-13(6-10-15)20(22,23)24/h3-10H,11H2,1-2H3,(H,25,29). The van der Waals surface area contributed by atoms with Gasteiger partial charge >= 0.3 is 18.2 Å². The molecule has 2 aromatic rings. The summed E-state index contributed by atoms with van der Waals surface area (Å²) in [6.07, 6.45) is -4.47. The maximum atomic E-state index is 12.7. The van der Waals surface area contributed by atoms with E-state index in [1.165, 1.54) is 7.11 Å². The van der Waals surface area contributed by atoms with Gasteiger partial charge in [-0.3, -0.25) is 4.79 Å². The lowest BCUT2D eigenvalue weighted by molar-refractivity contribution is -0.147. The minimum Gasteiger partial charge on any atom is -0.468 e. The van der Waals surface area contributed by atoms with Crippen molar-refractivity contribution in [2.24, 2.45) is 10.5 Å². The van der Waals surface area contributed by atoms with Crippen molar-refractivity contribution in [1.82, 2.24) is 5.01 Å². The Morgan fingerprint density at radius 3 is 2.27 bits per heavy atom. The van der Waals surface area contributed by atoms with Crippen LogP contribution >= 0.6 is 15.9 Å². The fourth-order valence-corrected chi connectivity index (χ4v) is 3.32. The van der Waals surface area contributed by atoms with Gasteiger partial charge in [-0.25, -0.2) is 9.80 Å². The highest BCUT2D eigenvalue weighted by Gasteiger charge is 2.48. The van der Waals surface area contributed by atoms with Gasteiger partial charge in [-0.15, -0.1) is 0 Å². The summed E-state index contributed by atoms with van der Waals surface area (Å²) in [5.41, 5.74) is -0.879. The molecule has 1 N–H and O–H groups in total. The van der Waals surface area contributed by atoms with Crippen LogP contribution in [0, 0.1) is 5.41 Å². The second-order valence-corrected chi connectivity index (χ2v) is 7.76. The van der Waals surface area contributed by atoms with Crippen LogP contribution in [0.4, 0.5) is 23.7 Å². The molecular weight excluding hydrogens is 467 g/mol. The number of carbonyl (C=O) groups excluding carboxylic acids is 2. The third-order valence-electron chi connectivity index (χ3n) is 4.66. The Morgan fingerprint density at radius 2 is 1.73 bits per heavy atom. The van der Waals surface area contributed by atoms with E-state index in [1.807, 2.05) is 0 Å². The number of halogens is 4. The number of nitrogens with zero attached hydrogens (tertiary/aromatic N) is 2. The van der Waals surface area contributed by atoms with E-state index < -0.39 is 29.2 Å². The fourth-order valence-electron chi connectivity index (χ4n) is 3.06. The van der Waals surface area contributed by atoms with Crippen LogP contribution in [0.15, 0.2) is 58.1 Å². The number of esters is 1. The number of hydrazone groups is 1. The number of amides is 2. The molecule has 0 fully saturated rings. The van der Waals surface area contributed by atoms with Crippen molar-refractivity contribution in [1.29, 1.82) is 0 Å². The lowest BCUT2D eigenvalue weighted by atomic mass is 9.82. The molecule has 3 rings (SSSR count). The average molecular weight is 484 g/mol. The largest absolute Gasteiger partial charge is 0.468 e. The van der Waals surface area contributed by atoms with Gasteiger partial charge in [0.1, 0.15) is 5.41 Å². The Morgan fingerprint density at radius 1 is 1.13 bits per heavy atom. The SMILES string of the molecule is COC(=O)C1(C)CN(C(=O)Nc2ccc(C(F)(F)F)cc2)N=C1c1ccc(Br)cc1. The van der Waals surface area contributed by atoms with E-state index in [4.69, 9.17) is 4.74 Å². The maximum absolute atomic E-state index is 12.7. The molecule has 30 heavy (non-hydrogen) atoms. The third-order valence-corrected chi connectivity index (χ3v) is 5.19. The molecule has 1 aliphatic heterocycles. The Bertz CT molecular complexity index is 991. The number of ether oxygens (including phenoxy) is 1. The molecule has 158 valence electrons. The van der Waals surface area contributed by atoms with E-state index in [0.717, 1.165) is 33.7 Å². The van der Waals surface area contributed by atoms with Crippen LogP contribution in [-0.2, 0) is 15.7 Å². The number of urea groups is 1. The number of hydrogen-bond acceptors (Lipinski definition) is 4. The van der Waals surface area contributed by atoms with Crippen LogP contribution in [0.5, 0.6) is 0 Å². The normalized spacial score (nSPS) is 18.7. The van der Waals surface area contributed by atoms with E-state index in [9.17, 15) is 22.8 Å². The van der Waals surface area contributed by atoms with Crippen LogP contribution in [-0.4, -0.2) is 36.4 Å². The lowest BCUT2D eigenvalue weighted by Crippen LogP contribution is -2.42. The smallest absolute Gasteiger partial charge is 0.416 e. The molecule has 1 heterocycles. The van der Waals surface area contributed by atoms with Gasteiger partial charge in [0.05, 0.1) is 24.9 Å². The molecule has 2 aromatic carbocycles. The first-order chi connectivity index (χ1) is 14.0. The molecular formula is C20H17BrF3N3O3. The number of hydrogen-bond donors (Lipinski definition) is 1. The zero-order valence-electron chi connectivity index (χ0n) is 16.0. The van der Waals surface area contributed by atoms with E-state index in [1.54, 1.807) is 31.2 Å². The van der Waals surface area contributed by atoms with E-state index in [-0.39, 0.29) is 12.2 Å². The van der Waals surface area contributed by atoms with Gasteiger partial charge in [0.2, 0.25) is 0 Å². The van der Waals surface area contributed by atoms with Crippen LogP contribution in [0.1, 0.15) is 18.1 Å². The summed E-state index contributed by atoms with van der Waals surface area (Å²) in [7, 11) is 1.25. The molecule has 1 aliphatic rings. The van der Waals surface area contributed by atoms with Gasteiger partial charge in [-0.1, -0.05) is 28.1 Å². The van der Waals surface area contributed by atoms with Gasteiger partial charge in [0, 0.05) is 10.2 Å². The minimum atomic E-state index is -4.47. The summed E-state index contributed by atoms with van der Waals surface area (Å²) in [6, 6.07) is 10.4. The Hall–Kier alpha value is -2.88. The lowest BCUT2D eigenvalue weighted by Gasteiger charge is -2.23. The van der Waals surface area contributed by atoms with Gasteiger partial charge in [0.25, 0.3) is 0 Å². The van der Waals surface area contributed by atoms with Crippen LogP contribution in [0.2, 0.25) is 0 Å². The molecule has 6 nitrogen and oxygen atoms in total. The maximum Gasteiger partial charge on any atom is 0.416 e. The van der Waals surface area contributed by atoms with E-state index in [0.29, 0.717) is 11.3 Å². The molecule has 2 amide bonds. The topological polar surface area (TPSA) is 71.0 Å². The minimum absolute atomic E-state index is 0.0858. The number of alkyl halides is 3. The molecule has 0 saturated carbocycles. The molecule has 0 aromatic heterocycles. The van der Waals surface area contributed by atoms with Crippen molar-refractivity contribution in [3.63, 3.8) is 0 Å². The highest BCUT2D eigenvalue weighted by atomic mass is 79.9. The Labute approximate surface area is 178 Å². The van der Waals surface area contributed by atoms with Crippen molar-refractivity contribution in [2.75, 3.05) is 19.0 Å². The van der Waals surface area contributed by atoms with Crippen molar-refractivity contribution >= 4 is 39.3 Å². The van der Waals surface area contributed by atoms with Crippen LogP contribution < -0.4 is 5.32 Å². The second kappa shape index (κ2) is 8.10. The summed E-state index contributed by atoms with van der Waals surface area (Å²) >= 11 is 3.34. The molecule has 0 spiro atoms. The zero-order valence-corrected chi connectivity index (χ0v) is 17.5. The molecule has 10 heteroatoms. The molecule has 1 unspecified atom stereocenters. The highest BCUT2D eigenvalue weighted by molar-refractivity contribution is 9.10. The molecule has 0 aliphatic carbocycles. The van der Waals surface area contributed by atoms with Gasteiger partial charge < -0.3 is 10.1 Å². The zero-order chi connectivity index (χ0) is 22.1. The molecule has 0 saturated heterocycles. The number of carbonyl (C=O) groups is 2. The Balaban J connectivity index is 1.85. The van der Waals surface area contributed by atoms with Crippen LogP contribution in [0.25, 0.3) is 0 Å². The molecule has 1 atom stereocenters. The number of methoxy groups -OCH3 is 1. The van der Waals surface area contributed by atoms with Gasteiger partial charge in [-0.2, -0.15) is 18.3 Å². The fraction of sp³-hybridized carbons (Fsp3) is 0.250. The molecule has 0 bridgehead atoms. The summed E-state index contributed by atoms with van der Waals surface area (Å²) in [6.45, 7) is 1.53. The monoisotopic (exact) mass is 483 g/mol. The quantitative estimate of drug-likeness (QED) is 0.631. The summed E-state index contributed by atoms with van der Waals surface area (Å²) in [5.74, 6) is -0.561. The van der Waals surface area contributed by atoms with Crippen molar-refractivity contribution < 1.29 is 27.5 Å². The predicted molar refractivity (Wildman–Crippen MR) is 108 cm³/mol. The first-order valence-electron chi connectivity index (χ1n) is 8.74. The van der Waals surface area contributed by atoms with Gasteiger partial charge in [0.15, 0.2) is 0 Å². The van der Waals surface area contributed by atoms with E-state index >= 15 is 0 Å². The van der Waals surface area contributed by atoms with Gasteiger partial charge in [-0.05, 0) is 48.9 Å². The van der Waals surface area contributed by atoms with Crippen molar-refractivity contribution in [3.05, 3.63) is 64.1 Å². The average Bonchev–Trinajstić information content (AvgIpc) is 3.06. The number of rotatable bonds is 3. The first kappa shape index (κ1) is 21.8. The number of benzene rings is 2. The van der Waals surface area contributed by atoms with Crippen molar-refractivity contribution in [2.45, 2.75) is 13.1 Å². The number of anilines is 1. The summed E-state index contributed by atoms with van der Waals surface area (Å²) in [5, 5.41) is 7.86.